The van der Waals surface area contributed by atoms with Gasteiger partial charge in [-0.15, -0.1) is 0 Å². The summed E-state index contributed by atoms with van der Waals surface area (Å²) >= 11 is 0. The summed E-state index contributed by atoms with van der Waals surface area (Å²) in [5, 5.41) is 2.55. The Labute approximate surface area is 162 Å². The highest BCUT2D eigenvalue weighted by Gasteiger charge is 2.20. The van der Waals surface area contributed by atoms with Crippen molar-refractivity contribution < 1.29 is 32.9 Å². The number of methoxy groups -OCH3 is 3. The SMILES string of the molecule is COc1cc(CC(=O)O[C@@H](C)C(=O)Nc2ccc(F)cc2)cc(OC)c1OC. The van der Waals surface area contributed by atoms with Crippen LogP contribution in [-0.2, 0) is 20.7 Å². The number of ether oxygens (including phenoxy) is 4. The zero-order valence-corrected chi connectivity index (χ0v) is 16.1. The van der Waals surface area contributed by atoms with Crippen LogP contribution in [-0.4, -0.2) is 39.3 Å². The summed E-state index contributed by atoms with van der Waals surface area (Å²) in [7, 11) is 4.43. The molecule has 0 fully saturated rings. The van der Waals surface area contributed by atoms with E-state index >= 15 is 0 Å². The van der Waals surface area contributed by atoms with E-state index in [0.29, 0.717) is 28.5 Å². The molecule has 28 heavy (non-hydrogen) atoms. The lowest BCUT2D eigenvalue weighted by atomic mass is 10.1. The van der Waals surface area contributed by atoms with Gasteiger partial charge in [0, 0.05) is 5.69 Å². The number of rotatable bonds is 8. The van der Waals surface area contributed by atoms with Crippen molar-refractivity contribution in [2.45, 2.75) is 19.4 Å². The second-order valence-electron chi connectivity index (χ2n) is 5.84. The first-order valence-corrected chi connectivity index (χ1v) is 8.42. The molecule has 0 aliphatic carbocycles. The Balaban J connectivity index is 2.00. The van der Waals surface area contributed by atoms with E-state index in [-0.39, 0.29) is 6.42 Å². The van der Waals surface area contributed by atoms with Gasteiger partial charge in [0.25, 0.3) is 5.91 Å². The molecule has 0 bridgehead atoms. The van der Waals surface area contributed by atoms with E-state index < -0.39 is 23.8 Å². The average molecular weight is 391 g/mol. The van der Waals surface area contributed by atoms with Gasteiger partial charge in [-0.3, -0.25) is 9.59 Å². The standard InChI is InChI=1S/C20H22FNO6/c1-12(20(24)22-15-7-5-14(21)6-8-15)28-18(23)11-13-9-16(25-2)19(27-4)17(10-13)26-3/h5-10,12H,11H2,1-4H3,(H,22,24)/t12-/m0/s1. The van der Waals surface area contributed by atoms with Gasteiger partial charge in [-0.25, -0.2) is 4.39 Å². The first kappa shape index (κ1) is 21.0. The second-order valence-corrected chi connectivity index (χ2v) is 5.84. The number of halogens is 1. The molecule has 2 aromatic rings. The number of amides is 1. The van der Waals surface area contributed by atoms with Crippen LogP contribution in [0.25, 0.3) is 0 Å². The highest BCUT2D eigenvalue weighted by atomic mass is 19.1. The van der Waals surface area contributed by atoms with Gasteiger partial charge in [0.05, 0.1) is 27.8 Å². The fourth-order valence-corrected chi connectivity index (χ4v) is 2.47. The largest absolute Gasteiger partial charge is 0.493 e. The molecular weight excluding hydrogens is 369 g/mol. The molecule has 0 aromatic heterocycles. The van der Waals surface area contributed by atoms with Crippen LogP contribution in [0.1, 0.15) is 12.5 Å². The van der Waals surface area contributed by atoms with Gasteiger partial charge in [0.1, 0.15) is 5.82 Å². The third kappa shape index (κ3) is 5.35. The van der Waals surface area contributed by atoms with Crippen molar-refractivity contribution >= 4 is 17.6 Å². The zero-order valence-electron chi connectivity index (χ0n) is 16.1. The third-order valence-corrected chi connectivity index (χ3v) is 3.86. The van der Waals surface area contributed by atoms with Gasteiger partial charge in [-0.05, 0) is 48.9 Å². The average Bonchev–Trinajstić information content (AvgIpc) is 2.68. The molecule has 8 heteroatoms. The van der Waals surface area contributed by atoms with Gasteiger partial charge in [-0.1, -0.05) is 0 Å². The molecule has 0 saturated heterocycles. The third-order valence-electron chi connectivity index (χ3n) is 3.86. The predicted octanol–water partition coefficient (Wildman–Crippen LogP) is 2.96. The summed E-state index contributed by atoms with van der Waals surface area (Å²) in [6, 6.07) is 8.53. The molecule has 1 atom stereocenters. The quantitative estimate of drug-likeness (QED) is 0.697. The monoisotopic (exact) mass is 391 g/mol. The normalized spacial score (nSPS) is 11.3. The minimum Gasteiger partial charge on any atom is -0.493 e. The fraction of sp³-hybridized carbons (Fsp3) is 0.300. The Morgan fingerprint density at radius 3 is 2.07 bits per heavy atom. The van der Waals surface area contributed by atoms with E-state index in [1.807, 2.05) is 0 Å². The lowest BCUT2D eigenvalue weighted by Crippen LogP contribution is -2.30. The predicted molar refractivity (Wildman–Crippen MR) is 100 cm³/mol. The minimum absolute atomic E-state index is 0.0924. The fourth-order valence-electron chi connectivity index (χ4n) is 2.47. The molecule has 0 unspecified atom stereocenters. The minimum atomic E-state index is -1.03. The van der Waals surface area contributed by atoms with Crippen molar-refractivity contribution in [3.8, 4) is 17.2 Å². The number of benzene rings is 2. The van der Waals surface area contributed by atoms with Gasteiger partial charge in [0.15, 0.2) is 17.6 Å². The molecular formula is C20H22FNO6. The number of carbonyl (C=O) groups excluding carboxylic acids is 2. The molecule has 1 N–H and O–H groups in total. The molecule has 150 valence electrons. The van der Waals surface area contributed by atoms with Crippen molar-refractivity contribution in [2.75, 3.05) is 26.6 Å². The Bertz CT molecular complexity index is 812. The lowest BCUT2D eigenvalue weighted by molar-refractivity contribution is -0.152. The topological polar surface area (TPSA) is 83.1 Å². The van der Waals surface area contributed by atoms with Crippen LogP contribution in [0, 0.1) is 5.82 Å². The first-order chi connectivity index (χ1) is 13.4. The summed E-state index contributed by atoms with van der Waals surface area (Å²) < 4.78 is 33.8. The van der Waals surface area contributed by atoms with Crippen LogP contribution in [0.4, 0.5) is 10.1 Å². The van der Waals surface area contributed by atoms with Crippen molar-refractivity contribution in [3.63, 3.8) is 0 Å². The van der Waals surface area contributed by atoms with Crippen molar-refractivity contribution in [1.82, 2.24) is 0 Å². The van der Waals surface area contributed by atoms with Crippen LogP contribution < -0.4 is 19.5 Å². The Hall–Kier alpha value is -3.29. The number of hydrogen-bond acceptors (Lipinski definition) is 6. The maximum absolute atomic E-state index is 12.9. The molecule has 2 aromatic carbocycles. The molecule has 0 spiro atoms. The van der Waals surface area contributed by atoms with Gasteiger partial charge in [-0.2, -0.15) is 0 Å². The molecule has 0 aliphatic heterocycles. The van der Waals surface area contributed by atoms with Crippen LogP contribution in [0.15, 0.2) is 36.4 Å². The van der Waals surface area contributed by atoms with Crippen LogP contribution in [0.5, 0.6) is 17.2 Å². The molecule has 0 radical (unpaired) electrons. The molecule has 2 rings (SSSR count). The highest BCUT2D eigenvalue weighted by molar-refractivity contribution is 5.95. The van der Waals surface area contributed by atoms with E-state index in [4.69, 9.17) is 18.9 Å². The zero-order chi connectivity index (χ0) is 20.7. The van der Waals surface area contributed by atoms with E-state index in [1.165, 1.54) is 52.5 Å². The molecule has 0 saturated carbocycles. The maximum Gasteiger partial charge on any atom is 0.311 e. The van der Waals surface area contributed by atoms with Gasteiger partial charge < -0.3 is 24.3 Å². The Kier molecular flexibility index (Phi) is 7.20. The van der Waals surface area contributed by atoms with E-state index in [9.17, 15) is 14.0 Å². The van der Waals surface area contributed by atoms with Crippen molar-refractivity contribution in [3.05, 3.63) is 47.8 Å². The molecule has 7 nitrogen and oxygen atoms in total. The van der Waals surface area contributed by atoms with Crippen LogP contribution in [0.3, 0.4) is 0 Å². The van der Waals surface area contributed by atoms with Gasteiger partial charge >= 0.3 is 5.97 Å². The summed E-state index contributed by atoms with van der Waals surface area (Å²) in [6.07, 6.45) is -1.12. The number of carbonyl (C=O) groups is 2. The summed E-state index contributed by atoms with van der Waals surface area (Å²) in [5.41, 5.74) is 0.976. The molecule has 0 heterocycles. The van der Waals surface area contributed by atoms with E-state index in [1.54, 1.807) is 12.1 Å². The number of hydrogen-bond donors (Lipinski definition) is 1. The summed E-state index contributed by atoms with van der Waals surface area (Å²) in [5.74, 6) is -0.309. The van der Waals surface area contributed by atoms with Crippen molar-refractivity contribution in [1.29, 1.82) is 0 Å². The first-order valence-electron chi connectivity index (χ1n) is 8.42. The van der Waals surface area contributed by atoms with Crippen LogP contribution in [0.2, 0.25) is 0 Å². The lowest BCUT2D eigenvalue weighted by Gasteiger charge is -2.15. The van der Waals surface area contributed by atoms with Crippen molar-refractivity contribution in [2.24, 2.45) is 0 Å². The van der Waals surface area contributed by atoms with Crippen LogP contribution >= 0.6 is 0 Å². The smallest absolute Gasteiger partial charge is 0.311 e. The summed E-state index contributed by atoms with van der Waals surface area (Å²) in [6.45, 7) is 1.45. The Morgan fingerprint density at radius 2 is 1.57 bits per heavy atom. The van der Waals surface area contributed by atoms with Gasteiger partial charge in [0.2, 0.25) is 5.75 Å². The van der Waals surface area contributed by atoms with E-state index in [0.717, 1.165) is 0 Å². The highest BCUT2D eigenvalue weighted by Crippen LogP contribution is 2.38. The molecule has 1 amide bonds. The number of esters is 1. The second kappa shape index (κ2) is 9.59. The number of nitrogens with one attached hydrogen (secondary N) is 1. The Morgan fingerprint density at radius 1 is 1.00 bits per heavy atom. The van der Waals surface area contributed by atoms with E-state index in [2.05, 4.69) is 5.32 Å². The maximum atomic E-state index is 12.9. The number of anilines is 1. The molecule has 0 aliphatic rings. The summed E-state index contributed by atoms with van der Waals surface area (Å²) in [4.78, 5) is 24.3.